The Labute approximate surface area is 189 Å². The first-order valence-electron chi connectivity index (χ1n) is 11.3. The van der Waals surface area contributed by atoms with Gasteiger partial charge in [0.1, 0.15) is 11.5 Å². The van der Waals surface area contributed by atoms with Gasteiger partial charge in [0.25, 0.3) is 5.91 Å². The van der Waals surface area contributed by atoms with Crippen LogP contribution in [-0.4, -0.2) is 33.8 Å². The number of nitrogens with zero attached hydrogens (tertiary/aromatic N) is 3. The van der Waals surface area contributed by atoms with Crippen molar-refractivity contribution in [3.8, 4) is 11.5 Å². The molecule has 7 heteroatoms. The fourth-order valence-electron chi connectivity index (χ4n) is 4.09. The third kappa shape index (κ3) is 5.16. The van der Waals surface area contributed by atoms with Crippen molar-refractivity contribution >= 4 is 11.6 Å². The molecule has 168 valence electrons. The van der Waals surface area contributed by atoms with Crippen LogP contribution in [0.15, 0.2) is 42.6 Å². The van der Waals surface area contributed by atoms with Gasteiger partial charge in [-0.1, -0.05) is 6.92 Å². The summed E-state index contributed by atoms with van der Waals surface area (Å²) in [6.45, 7) is 8.88. The second kappa shape index (κ2) is 9.96. The molecule has 0 aliphatic carbocycles. The first kappa shape index (κ1) is 22.0. The van der Waals surface area contributed by atoms with E-state index in [1.165, 1.54) is 0 Å². The number of nitrogens with one attached hydrogen (secondary N) is 2. The fraction of sp³-hybridized carbons (Fsp3) is 0.400. The number of carbonyl (C=O) groups is 1. The van der Waals surface area contributed by atoms with Gasteiger partial charge >= 0.3 is 0 Å². The number of hydrogen-bond donors (Lipinski definition) is 2. The summed E-state index contributed by atoms with van der Waals surface area (Å²) < 4.78 is 7.96. The quantitative estimate of drug-likeness (QED) is 0.558. The molecule has 3 aromatic rings. The molecule has 3 heterocycles. The zero-order chi connectivity index (χ0) is 22.5. The van der Waals surface area contributed by atoms with Gasteiger partial charge < -0.3 is 15.4 Å². The Morgan fingerprint density at radius 1 is 1.16 bits per heavy atom. The summed E-state index contributed by atoms with van der Waals surface area (Å²) in [6, 6.07) is 11.4. The molecule has 0 saturated carbocycles. The number of anilines is 1. The van der Waals surface area contributed by atoms with Crippen LogP contribution in [0.4, 0.5) is 5.69 Å². The molecular weight excluding hydrogens is 402 g/mol. The highest BCUT2D eigenvalue weighted by Crippen LogP contribution is 2.30. The number of ether oxygens (including phenoxy) is 1. The van der Waals surface area contributed by atoms with E-state index in [-0.39, 0.29) is 5.91 Å². The van der Waals surface area contributed by atoms with E-state index < -0.39 is 0 Å². The van der Waals surface area contributed by atoms with E-state index in [1.54, 1.807) is 6.20 Å². The maximum absolute atomic E-state index is 12.6. The zero-order valence-electron chi connectivity index (χ0n) is 19.0. The third-order valence-electron chi connectivity index (χ3n) is 5.84. The van der Waals surface area contributed by atoms with Gasteiger partial charge in [0.05, 0.1) is 11.8 Å². The lowest BCUT2D eigenvalue weighted by molar-refractivity contribution is 0.102. The molecule has 0 radical (unpaired) electrons. The van der Waals surface area contributed by atoms with Crippen LogP contribution in [0.2, 0.25) is 0 Å². The van der Waals surface area contributed by atoms with E-state index in [1.807, 2.05) is 48.9 Å². The van der Waals surface area contributed by atoms with Crippen molar-refractivity contribution < 1.29 is 9.53 Å². The summed E-state index contributed by atoms with van der Waals surface area (Å²) in [6.07, 6.45) is 4.80. The summed E-state index contributed by atoms with van der Waals surface area (Å²) in [4.78, 5) is 17.4. The molecule has 1 aliphatic rings. The lowest BCUT2D eigenvalue weighted by Crippen LogP contribution is -2.27. The Hall–Kier alpha value is -3.19. The molecule has 0 unspecified atom stereocenters. The van der Waals surface area contributed by atoms with Crippen molar-refractivity contribution in [2.45, 2.75) is 52.5 Å². The first-order chi connectivity index (χ1) is 15.5. The molecule has 1 aliphatic heterocycles. The number of carbonyl (C=O) groups excluding carboxylic acids is 1. The molecule has 1 amide bonds. The van der Waals surface area contributed by atoms with Crippen molar-refractivity contribution in [2.24, 2.45) is 0 Å². The largest absolute Gasteiger partial charge is 0.457 e. The van der Waals surface area contributed by atoms with E-state index in [0.717, 1.165) is 67.5 Å². The van der Waals surface area contributed by atoms with Gasteiger partial charge in [-0.3, -0.25) is 14.5 Å². The second-order valence-electron chi connectivity index (χ2n) is 8.34. The average molecular weight is 434 g/mol. The van der Waals surface area contributed by atoms with Gasteiger partial charge in [-0.25, -0.2) is 0 Å². The normalized spacial score (nSPS) is 14.3. The summed E-state index contributed by atoms with van der Waals surface area (Å²) >= 11 is 0. The Balaban J connectivity index is 1.42. The van der Waals surface area contributed by atoms with Crippen LogP contribution in [0.25, 0.3) is 0 Å². The Bertz CT molecular complexity index is 1070. The minimum Gasteiger partial charge on any atom is -0.457 e. The predicted octanol–water partition coefficient (Wildman–Crippen LogP) is 4.82. The highest BCUT2D eigenvalue weighted by atomic mass is 16.5. The minimum absolute atomic E-state index is 0.158. The Morgan fingerprint density at radius 3 is 2.62 bits per heavy atom. The van der Waals surface area contributed by atoms with Crippen LogP contribution in [0.1, 0.15) is 59.5 Å². The molecule has 7 nitrogen and oxygen atoms in total. The molecule has 2 N–H and O–H groups in total. The SMILES string of the molecule is CCCn1ncc(C(=O)Nc2ccc(Oc3cc(C)nc(C4CCNCC4)c3)cc2)c1C. The van der Waals surface area contributed by atoms with Crippen LogP contribution in [0.3, 0.4) is 0 Å². The van der Waals surface area contributed by atoms with Crippen LogP contribution in [0, 0.1) is 13.8 Å². The van der Waals surface area contributed by atoms with Gasteiger partial charge in [-0.05, 0) is 70.5 Å². The number of rotatable bonds is 7. The number of aromatic nitrogens is 3. The number of benzene rings is 1. The first-order valence-corrected chi connectivity index (χ1v) is 11.3. The molecular formula is C25H31N5O2. The molecule has 1 aromatic carbocycles. The minimum atomic E-state index is -0.158. The van der Waals surface area contributed by atoms with Crippen molar-refractivity contribution in [3.05, 3.63) is 65.2 Å². The van der Waals surface area contributed by atoms with Gasteiger partial charge in [-0.2, -0.15) is 5.10 Å². The third-order valence-corrected chi connectivity index (χ3v) is 5.84. The fourth-order valence-corrected chi connectivity index (χ4v) is 4.09. The van der Waals surface area contributed by atoms with Gasteiger partial charge in [-0.15, -0.1) is 0 Å². The molecule has 2 aromatic heterocycles. The van der Waals surface area contributed by atoms with Crippen LogP contribution >= 0.6 is 0 Å². The number of amides is 1. The number of pyridine rings is 1. The summed E-state index contributed by atoms with van der Waals surface area (Å²) in [5.41, 5.74) is 4.24. The lowest BCUT2D eigenvalue weighted by atomic mass is 9.94. The lowest BCUT2D eigenvalue weighted by Gasteiger charge is -2.22. The van der Waals surface area contributed by atoms with E-state index in [0.29, 0.717) is 17.2 Å². The van der Waals surface area contributed by atoms with Crippen molar-refractivity contribution in [2.75, 3.05) is 18.4 Å². The van der Waals surface area contributed by atoms with Crippen molar-refractivity contribution in [3.63, 3.8) is 0 Å². The maximum atomic E-state index is 12.6. The molecule has 1 saturated heterocycles. The second-order valence-corrected chi connectivity index (χ2v) is 8.34. The predicted molar refractivity (Wildman–Crippen MR) is 126 cm³/mol. The Kier molecular flexibility index (Phi) is 6.85. The molecule has 0 spiro atoms. The van der Waals surface area contributed by atoms with Crippen LogP contribution in [-0.2, 0) is 6.54 Å². The average Bonchev–Trinajstić information content (AvgIpc) is 3.16. The smallest absolute Gasteiger partial charge is 0.259 e. The van der Waals surface area contributed by atoms with Crippen LogP contribution < -0.4 is 15.4 Å². The highest BCUT2D eigenvalue weighted by molar-refractivity contribution is 6.04. The van der Waals surface area contributed by atoms with E-state index in [9.17, 15) is 4.79 Å². The van der Waals surface area contributed by atoms with Crippen molar-refractivity contribution in [1.29, 1.82) is 0 Å². The number of aryl methyl sites for hydroxylation is 2. The summed E-state index contributed by atoms with van der Waals surface area (Å²) in [5, 5.41) is 10.6. The van der Waals surface area contributed by atoms with Gasteiger partial charge in [0.15, 0.2) is 0 Å². The van der Waals surface area contributed by atoms with Gasteiger partial charge in [0, 0.05) is 47.4 Å². The Morgan fingerprint density at radius 2 is 1.91 bits per heavy atom. The zero-order valence-corrected chi connectivity index (χ0v) is 19.0. The number of hydrogen-bond acceptors (Lipinski definition) is 5. The maximum Gasteiger partial charge on any atom is 0.259 e. The summed E-state index contributed by atoms with van der Waals surface area (Å²) in [5.74, 6) is 1.83. The summed E-state index contributed by atoms with van der Waals surface area (Å²) in [7, 11) is 0. The molecule has 4 rings (SSSR count). The van der Waals surface area contributed by atoms with Crippen LogP contribution in [0.5, 0.6) is 11.5 Å². The van der Waals surface area contributed by atoms with E-state index in [4.69, 9.17) is 9.72 Å². The standard InChI is InChI=1S/C25H31N5O2/c1-4-13-30-18(3)23(16-27-30)25(31)29-20-5-7-21(8-6-20)32-22-14-17(2)28-24(15-22)19-9-11-26-12-10-19/h5-8,14-16,19,26H,4,9-13H2,1-3H3,(H,29,31). The molecule has 0 bridgehead atoms. The topological polar surface area (TPSA) is 81.1 Å². The molecule has 0 atom stereocenters. The van der Waals surface area contributed by atoms with Gasteiger partial charge in [0.2, 0.25) is 0 Å². The van der Waals surface area contributed by atoms with E-state index in [2.05, 4.69) is 28.7 Å². The van der Waals surface area contributed by atoms with E-state index >= 15 is 0 Å². The monoisotopic (exact) mass is 433 g/mol. The number of piperidine rings is 1. The molecule has 32 heavy (non-hydrogen) atoms. The highest BCUT2D eigenvalue weighted by Gasteiger charge is 2.18. The van der Waals surface area contributed by atoms with Crippen molar-refractivity contribution in [1.82, 2.24) is 20.1 Å². The molecule has 1 fully saturated rings.